The maximum absolute atomic E-state index is 12.2. The van der Waals surface area contributed by atoms with Gasteiger partial charge in [0.05, 0.1) is 16.9 Å². The van der Waals surface area contributed by atoms with E-state index in [-0.39, 0.29) is 5.91 Å². The Morgan fingerprint density at radius 3 is 2.81 bits per heavy atom. The Hall–Kier alpha value is -2.60. The number of amides is 1. The summed E-state index contributed by atoms with van der Waals surface area (Å²) in [5.74, 6) is -0.308. The number of aromatic nitrogens is 4. The fourth-order valence-corrected chi connectivity index (χ4v) is 2.26. The minimum absolute atomic E-state index is 0.308. The standard InChI is InChI=1S/C14H12ClN5O/c1-19-13(12(15)9-17-19)14(21)18-10-4-2-5-11(8-10)20-7-3-6-16-20/h2-9H,1H3,(H,18,21). The van der Waals surface area contributed by atoms with Crippen molar-refractivity contribution in [3.05, 3.63) is 59.6 Å². The van der Waals surface area contributed by atoms with Crippen LogP contribution in [0.4, 0.5) is 5.69 Å². The van der Waals surface area contributed by atoms with Crippen molar-refractivity contribution in [3.63, 3.8) is 0 Å². The van der Waals surface area contributed by atoms with Crippen molar-refractivity contribution in [3.8, 4) is 5.69 Å². The van der Waals surface area contributed by atoms with Crippen molar-refractivity contribution in [2.45, 2.75) is 0 Å². The van der Waals surface area contributed by atoms with E-state index in [2.05, 4.69) is 15.5 Å². The lowest BCUT2D eigenvalue weighted by molar-refractivity contribution is 0.101. The molecule has 1 amide bonds. The van der Waals surface area contributed by atoms with Crippen molar-refractivity contribution >= 4 is 23.2 Å². The van der Waals surface area contributed by atoms with Gasteiger partial charge in [0.25, 0.3) is 5.91 Å². The van der Waals surface area contributed by atoms with E-state index in [1.165, 1.54) is 10.9 Å². The first-order valence-electron chi connectivity index (χ1n) is 6.24. The summed E-state index contributed by atoms with van der Waals surface area (Å²) in [6, 6.07) is 9.21. The summed E-state index contributed by atoms with van der Waals surface area (Å²) >= 11 is 5.96. The normalized spacial score (nSPS) is 10.6. The fraction of sp³-hybridized carbons (Fsp3) is 0.0714. The van der Waals surface area contributed by atoms with Crippen LogP contribution in [0.25, 0.3) is 5.69 Å². The molecule has 0 bridgehead atoms. The van der Waals surface area contributed by atoms with Gasteiger partial charge in [-0.2, -0.15) is 10.2 Å². The highest BCUT2D eigenvalue weighted by Gasteiger charge is 2.15. The number of nitrogens with zero attached hydrogens (tertiary/aromatic N) is 4. The molecule has 0 unspecified atom stereocenters. The van der Waals surface area contributed by atoms with Crippen LogP contribution in [0.3, 0.4) is 0 Å². The summed E-state index contributed by atoms with van der Waals surface area (Å²) in [5, 5.41) is 11.2. The predicted molar refractivity (Wildman–Crippen MR) is 79.7 cm³/mol. The van der Waals surface area contributed by atoms with Gasteiger partial charge in [0.15, 0.2) is 0 Å². The van der Waals surface area contributed by atoms with Crippen molar-refractivity contribution in [2.75, 3.05) is 5.32 Å². The summed E-state index contributed by atoms with van der Waals surface area (Å²) in [7, 11) is 1.67. The lowest BCUT2D eigenvalue weighted by Gasteiger charge is -2.08. The number of nitrogens with one attached hydrogen (secondary N) is 1. The molecule has 0 atom stereocenters. The molecular formula is C14H12ClN5O. The molecule has 21 heavy (non-hydrogen) atoms. The van der Waals surface area contributed by atoms with E-state index < -0.39 is 0 Å². The van der Waals surface area contributed by atoms with Gasteiger partial charge in [-0.05, 0) is 24.3 Å². The number of halogens is 1. The van der Waals surface area contributed by atoms with Crippen LogP contribution in [0.15, 0.2) is 48.9 Å². The molecule has 0 aliphatic heterocycles. The number of carbonyl (C=O) groups excluding carboxylic acids is 1. The van der Waals surface area contributed by atoms with Gasteiger partial charge in [-0.15, -0.1) is 0 Å². The summed E-state index contributed by atoms with van der Waals surface area (Å²) in [4.78, 5) is 12.2. The quantitative estimate of drug-likeness (QED) is 0.808. The minimum Gasteiger partial charge on any atom is -0.321 e. The number of aryl methyl sites for hydroxylation is 1. The zero-order valence-corrected chi connectivity index (χ0v) is 11.9. The topological polar surface area (TPSA) is 64.7 Å². The van der Waals surface area contributed by atoms with Crippen molar-refractivity contribution in [1.82, 2.24) is 19.6 Å². The Labute approximate surface area is 126 Å². The Kier molecular flexibility index (Phi) is 3.45. The van der Waals surface area contributed by atoms with Crippen LogP contribution >= 0.6 is 11.6 Å². The molecule has 2 aromatic heterocycles. The zero-order valence-electron chi connectivity index (χ0n) is 11.2. The number of benzene rings is 1. The first-order chi connectivity index (χ1) is 10.1. The van der Waals surface area contributed by atoms with E-state index in [9.17, 15) is 4.79 Å². The first kappa shape index (κ1) is 13.4. The van der Waals surface area contributed by atoms with Crippen LogP contribution in [-0.4, -0.2) is 25.5 Å². The third-order valence-electron chi connectivity index (χ3n) is 2.98. The molecule has 0 aliphatic rings. The fourth-order valence-electron chi connectivity index (χ4n) is 2.00. The van der Waals surface area contributed by atoms with Crippen LogP contribution in [0.1, 0.15) is 10.5 Å². The molecule has 0 saturated carbocycles. The molecule has 1 aromatic carbocycles. The molecule has 1 N–H and O–H groups in total. The van der Waals surface area contributed by atoms with E-state index >= 15 is 0 Å². The predicted octanol–water partition coefficient (Wildman–Crippen LogP) is 2.51. The van der Waals surface area contributed by atoms with Gasteiger partial charge in [0.2, 0.25) is 0 Å². The maximum Gasteiger partial charge on any atom is 0.275 e. The average molecular weight is 302 g/mol. The SMILES string of the molecule is Cn1ncc(Cl)c1C(=O)Nc1cccc(-n2cccn2)c1. The van der Waals surface area contributed by atoms with Crippen LogP contribution in [-0.2, 0) is 7.05 Å². The van der Waals surface area contributed by atoms with Gasteiger partial charge in [-0.1, -0.05) is 17.7 Å². The number of rotatable bonds is 3. The summed E-state index contributed by atoms with van der Waals surface area (Å²) in [6.07, 6.45) is 4.97. The molecule has 3 rings (SSSR count). The molecule has 0 spiro atoms. The van der Waals surface area contributed by atoms with Crippen molar-refractivity contribution in [1.29, 1.82) is 0 Å². The van der Waals surface area contributed by atoms with Gasteiger partial charge in [0, 0.05) is 25.1 Å². The number of hydrogen-bond donors (Lipinski definition) is 1. The Morgan fingerprint density at radius 2 is 2.14 bits per heavy atom. The minimum atomic E-state index is -0.308. The van der Waals surface area contributed by atoms with Gasteiger partial charge < -0.3 is 5.32 Å². The molecule has 2 heterocycles. The third-order valence-corrected chi connectivity index (χ3v) is 3.26. The second-order valence-electron chi connectivity index (χ2n) is 4.42. The van der Waals surface area contributed by atoms with Crippen LogP contribution in [0.5, 0.6) is 0 Å². The molecule has 0 fully saturated rings. The first-order valence-corrected chi connectivity index (χ1v) is 6.62. The molecule has 0 saturated heterocycles. The second-order valence-corrected chi connectivity index (χ2v) is 4.83. The monoisotopic (exact) mass is 301 g/mol. The van der Waals surface area contributed by atoms with E-state index in [4.69, 9.17) is 11.6 Å². The third kappa shape index (κ3) is 2.66. The Bertz CT molecular complexity index is 759. The molecular weight excluding hydrogens is 290 g/mol. The summed E-state index contributed by atoms with van der Waals surface area (Å²) in [6.45, 7) is 0. The number of carbonyl (C=O) groups is 1. The van der Waals surface area contributed by atoms with Crippen LogP contribution in [0.2, 0.25) is 5.02 Å². The molecule has 7 heteroatoms. The van der Waals surface area contributed by atoms with Crippen LogP contribution < -0.4 is 5.32 Å². The molecule has 0 radical (unpaired) electrons. The molecule has 3 aromatic rings. The maximum atomic E-state index is 12.2. The highest BCUT2D eigenvalue weighted by molar-refractivity contribution is 6.34. The molecule has 106 valence electrons. The Balaban J connectivity index is 1.86. The van der Waals surface area contributed by atoms with Gasteiger partial charge >= 0.3 is 0 Å². The van der Waals surface area contributed by atoms with E-state index in [0.717, 1.165) is 5.69 Å². The Morgan fingerprint density at radius 1 is 1.29 bits per heavy atom. The van der Waals surface area contributed by atoms with Crippen molar-refractivity contribution < 1.29 is 4.79 Å². The molecule has 0 aliphatic carbocycles. The lowest BCUT2D eigenvalue weighted by Crippen LogP contribution is -2.16. The van der Waals surface area contributed by atoms with Crippen LogP contribution in [0, 0.1) is 0 Å². The smallest absolute Gasteiger partial charge is 0.275 e. The summed E-state index contributed by atoms with van der Waals surface area (Å²) < 4.78 is 3.15. The van der Waals surface area contributed by atoms with E-state index in [0.29, 0.717) is 16.4 Å². The van der Waals surface area contributed by atoms with E-state index in [1.54, 1.807) is 24.0 Å². The largest absolute Gasteiger partial charge is 0.321 e. The lowest BCUT2D eigenvalue weighted by atomic mass is 10.2. The summed E-state index contributed by atoms with van der Waals surface area (Å²) in [5.41, 5.74) is 1.83. The van der Waals surface area contributed by atoms with Gasteiger partial charge in [0.1, 0.15) is 5.69 Å². The highest BCUT2D eigenvalue weighted by Crippen LogP contribution is 2.18. The van der Waals surface area contributed by atoms with Gasteiger partial charge in [-0.25, -0.2) is 4.68 Å². The zero-order chi connectivity index (χ0) is 14.8. The molecule has 6 nitrogen and oxygen atoms in total. The number of anilines is 1. The highest BCUT2D eigenvalue weighted by atomic mass is 35.5. The van der Waals surface area contributed by atoms with E-state index in [1.807, 2.05) is 30.5 Å². The second kappa shape index (κ2) is 5.41. The van der Waals surface area contributed by atoms with Gasteiger partial charge in [-0.3, -0.25) is 9.48 Å². The average Bonchev–Trinajstić information content (AvgIpc) is 3.09. The number of hydrogen-bond acceptors (Lipinski definition) is 3. The van der Waals surface area contributed by atoms with Crippen molar-refractivity contribution in [2.24, 2.45) is 7.05 Å².